The highest BCUT2D eigenvalue weighted by Crippen LogP contribution is 2.29. The standard InChI is InChI=1S/C26H31N3O5/c1-5-32-22-15-20(11-12-21(22)33-16-18(2)3)26(31)34-17-23(30)28-24(19-9-7-6-8-10-19)25-27-13-14-29(25)4/h6-15,18,24H,5,16-17H2,1-4H3,(H,28,30)/t24-/m0/s1. The van der Waals surface area contributed by atoms with E-state index in [1.54, 1.807) is 24.4 Å². The molecule has 0 unspecified atom stereocenters. The van der Waals surface area contributed by atoms with Crippen LogP contribution in [0.1, 0.15) is 48.6 Å². The molecule has 0 fully saturated rings. The molecule has 180 valence electrons. The van der Waals surface area contributed by atoms with Gasteiger partial charge >= 0.3 is 5.97 Å². The Hall–Kier alpha value is -3.81. The second-order valence-electron chi connectivity index (χ2n) is 8.18. The van der Waals surface area contributed by atoms with Crippen molar-refractivity contribution < 1.29 is 23.8 Å². The maximum absolute atomic E-state index is 12.7. The third-order valence-electron chi connectivity index (χ3n) is 4.94. The smallest absolute Gasteiger partial charge is 0.338 e. The number of aryl methyl sites for hydroxylation is 1. The molecule has 0 aliphatic carbocycles. The van der Waals surface area contributed by atoms with Crippen LogP contribution in [0.15, 0.2) is 60.9 Å². The van der Waals surface area contributed by atoms with Gasteiger partial charge in [0.15, 0.2) is 18.1 Å². The first-order valence-electron chi connectivity index (χ1n) is 11.3. The summed E-state index contributed by atoms with van der Waals surface area (Å²) in [7, 11) is 1.86. The number of carbonyl (C=O) groups is 2. The third-order valence-corrected chi connectivity index (χ3v) is 4.94. The van der Waals surface area contributed by atoms with Crippen LogP contribution in [-0.2, 0) is 16.6 Å². The Bertz CT molecular complexity index is 1090. The summed E-state index contributed by atoms with van der Waals surface area (Å²) in [5, 5.41) is 2.91. The van der Waals surface area contributed by atoms with Gasteiger partial charge in [0.25, 0.3) is 5.91 Å². The largest absolute Gasteiger partial charge is 0.490 e. The fourth-order valence-corrected chi connectivity index (χ4v) is 3.29. The van der Waals surface area contributed by atoms with E-state index in [-0.39, 0.29) is 5.56 Å². The van der Waals surface area contributed by atoms with Gasteiger partial charge in [-0.2, -0.15) is 0 Å². The van der Waals surface area contributed by atoms with Gasteiger partial charge in [-0.25, -0.2) is 9.78 Å². The molecule has 8 heteroatoms. The van der Waals surface area contributed by atoms with Crippen molar-refractivity contribution in [2.75, 3.05) is 19.8 Å². The van der Waals surface area contributed by atoms with Crippen LogP contribution in [0.5, 0.6) is 11.5 Å². The second kappa shape index (κ2) is 11.9. The first-order chi connectivity index (χ1) is 16.4. The number of carbonyl (C=O) groups excluding carboxylic acids is 2. The number of aromatic nitrogens is 2. The number of hydrogen-bond donors (Lipinski definition) is 1. The molecule has 3 rings (SSSR count). The highest BCUT2D eigenvalue weighted by molar-refractivity contribution is 5.92. The summed E-state index contributed by atoms with van der Waals surface area (Å²) >= 11 is 0. The molecule has 2 aromatic carbocycles. The fraction of sp³-hybridized carbons (Fsp3) is 0.346. The summed E-state index contributed by atoms with van der Waals surface area (Å²) in [5.41, 5.74) is 1.15. The molecule has 0 bridgehead atoms. The molecule has 1 amide bonds. The van der Waals surface area contributed by atoms with E-state index in [2.05, 4.69) is 10.3 Å². The lowest BCUT2D eigenvalue weighted by molar-refractivity contribution is -0.124. The number of nitrogens with one attached hydrogen (secondary N) is 1. The number of ether oxygens (including phenoxy) is 3. The van der Waals surface area contributed by atoms with E-state index in [0.717, 1.165) is 5.56 Å². The van der Waals surface area contributed by atoms with E-state index in [1.165, 1.54) is 0 Å². The van der Waals surface area contributed by atoms with E-state index in [0.29, 0.717) is 36.5 Å². The minimum atomic E-state index is -0.625. The molecular weight excluding hydrogens is 434 g/mol. The highest BCUT2D eigenvalue weighted by Gasteiger charge is 2.22. The van der Waals surface area contributed by atoms with E-state index >= 15 is 0 Å². The molecule has 0 aliphatic heterocycles. The van der Waals surface area contributed by atoms with E-state index in [1.807, 2.05) is 68.9 Å². The van der Waals surface area contributed by atoms with Crippen LogP contribution in [0.3, 0.4) is 0 Å². The Morgan fingerprint density at radius 2 is 1.82 bits per heavy atom. The molecule has 0 aliphatic rings. The number of amides is 1. The van der Waals surface area contributed by atoms with Gasteiger partial charge in [0, 0.05) is 19.4 Å². The topological polar surface area (TPSA) is 91.7 Å². The molecular formula is C26H31N3O5. The van der Waals surface area contributed by atoms with Gasteiger partial charge in [0.2, 0.25) is 0 Å². The summed E-state index contributed by atoms with van der Waals surface area (Å²) in [5.74, 6) is 0.978. The number of hydrogen-bond acceptors (Lipinski definition) is 6. The molecule has 1 heterocycles. The molecule has 0 radical (unpaired) electrons. The van der Waals surface area contributed by atoms with Gasteiger partial charge in [0.1, 0.15) is 11.9 Å². The van der Waals surface area contributed by atoms with Gasteiger partial charge in [0.05, 0.1) is 18.8 Å². The molecule has 1 atom stereocenters. The van der Waals surface area contributed by atoms with Crippen LogP contribution in [0.4, 0.5) is 0 Å². The second-order valence-corrected chi connectivity index (χ2v) is 8.18. The van der Waals surface area contributed by atoms with Crippen molar-refractivity contribution in [2.24, 2.45) is 13.0 Å². The Morgan fingerprint density at radius 3 is 2.47 bits per heavy atom. The van der Waals surface area contributed by atoms with Crippen LogP contribution < -0.4 is 14.8 Å². The lowest BCUT2D eigenvalue weighted by Crippen LogP contribution is -2.34. The number of nitrogens with zero attached hydrogens (tertiary/aromatic N) is 2. The van der Waals surface area contributed by atoms with Crippen LogP contribution in [-0.4, -0.2) is 41.2 Å². The number of rotatable bonds is 11. The summed E-state index contributed by atoms with van der Waals surface area (Å²) in [4.78, 5) is 29.6. The van der Waals surface area contributed by atoms with Crippen LogP contribution >= 0.6 is 0 Å². The molecule has 0 saturated carbocycles. The molecule has 0 saturated heterocycles. The number of imidazole rings is 1. The van der Waals surface area contributed by atoms with Gasteiger partial charge in [-0.3, -0.25) is 4.79 Å². The normalized spacial score (nSPS) is 11.7. The third kappa shape index (κ3) is 6.60. The van der Waals surface area contributed by atoms with Gasteiger partial charge in [-0.15, -0.1) is 0 Å². The first kappa shape index (κ1) is 24.8. The zero-order chi connectivity index (χ0) is 24.5. The predicted octanol–water partition coefficient (Wildman–Crippen LogP) is 3.92. The van der Waals surface area contributed by atoms with Crippen molar-refractivity contribution in [1.82, 2.24) is 14.9 Å². The fourth-order valence-electron chi connectivity index (χ4n) is 3.29. The van der Waals surface area contributed by atoms with Crippen molar-refractivity contribution in [1.29, 1.82) is 0 Å². The Balaban J connectivity index is 1.66. The SMILES string of the molecule is CCOc1cc(C(=O)OCC(=O)N[C@@H](c2ccccc2)c2nccn2C)ccc1OCC(C)C. The average molecular weight is 466 g/mol. The lowest BCUT2D eigenvalue weighted by atomic mass is 10.1. The first-order valence-corrected chi connectivity index (χ1v) is 11.3. The minimum absolute atomic E-state index is 0.275. The molecule has 8 nitrogen and oxygen atoms in total. The van der Waals surface area contributed by atoms with Gasteiger partial charge in [-0.05, 0) is 36.6 Å². The zero-order valence-electron chi connectivity index (χ0n) is 20.0. The van der Waals surface area contributed by atoms with Crippen LogP contribution in [0, 0.1) is 5.92 Å². The van der Waals surface area contributed by atoms with E-state index in [9.17, 15) is 9.59 Å². The van der Waals surface area contributed by atoms with Crippen LogP contribution in [0.2, 0.25) is 0 Å². The van der Waals surface area contributed by atoms with E-state index < -0.39 is 24.5 Å². The monoisotopic (exact) mass is 465 g/mol. The van der Waals surface area contributed by atoms with Gasteiger partial charge in [-0.1, -0.05) is 44.2 Å². The summed E-state index contributed by atoms with van der Waals surface area (Å²) in [6, 6.07) is 13.9. The van der Waals surface area contributed by atoms with Crippen molar-refractivity contribution in [3.05, 3.63) is 77.9 Å². The molecule has 34 heavy (non-hydrogen) atoms. The molecule has 1 N–H and O–H groups in total. The number of benzene rings is 2. The maximum atomic E-state index is 12.7. The maximum Gasteiger partial charge on any atom is 0.338 e. The Kier molecular flexibility index (Phi) is 8.67. The van der Waals surface area contributed by atoms with Crippen molar-refractivity contribution in [3.63, 3.8) is 0 Å². The van der Waals surface area contributed by atoms with Crippen LogP contribution in [0.25, 0.3) is 0 Å². The Labute approximate surface area is 199 Å². The number of esters is 1. The summed E-state index contributed by atoms with van der Waals surface area (Å²) in [6.45, 7) is 6.48. The minimum Gasteiger partial charge on any atom is -0.490 e. The quantitative estimate of drug-likeness (QED) is 0.432. The van der Waals surface area contributed by atoms with Gasteiger partial charge < -0.3 is 24.1 Å². The lowest BCUT2D eigenvalue weighted by Gasteiger charge is -2.19. The summed E-state index contributed by atoms with van der Waals surface area (Å²) < 4.78 is 18.5. The average Bonchev–Trinajstić information content (AvgIpc) is 3.26. The molecule has 3 aromatic rings. The highest BCUT2D eigenvalue weighted by atomic mass is 16.5. The van der Waals surface area contributed by atoms with Crippen molar-refractivity contribution in [3.8, 4) is 11.5 Å². The summed E-state index contributed by atoms with van der Waals surface area (Å²) in [6.07, 6.45) is 3.48. The molecule has 0 spiro atoms. The molecule has 1 aromatic heterocycles. The van der Waals surface area contributed by atoms with Crippen molar-refractivity contribution >= 4 is 11.9 Å². The van der Waals surface area contributed by atoms with E-state index in [4.69, 9.17) is 14.2 Å². The Morgan fingerprint density at radius 1 is 1.06 bits per heavy atom. The predicted molar refractivity (Wildman–Crippen MR) is 128 cm³/mol. The zero-order valence-corrected chi connectivity index (χ0v) is 20.0. The van der Waals surface area contributed by atoms with Crippen molar-refractivity contribution in [2.45, 2.75) is 26.8 Å².